The number of likely N-dealkylation sites (N-methyl/N-ethyl adjacent to an activating group) is 1. The Labute approximate surface area is 256 Å². The van der Waals surface area contributed by atoms with Crippen LogP contribution in [0.15, 0.2) is 54.7 Å². The van der Waals surface area contributed by atoms with Crippen LogP contribution in [0, 0.1) is 17.8 Å². The van der Waals surface area contributed by atoms with Gasteiger partial charge >= 0.3 is 0 Å². The van der Waals surface area contributed by atoms with Crippen molar-refractivity contribution in [1.29, 1.82) is 0 Å². The standard InChI is InChI=1S/C33H39N5O6/c1-20(2)44-28-10-8-23(14-29(28)43-4)33(42)38-17-24-16-37(19-26(25(24)18-38)32(41)36-15-30(39)34-3)31(40)13-21-7-9-27-22(12-21)6-5-11-35-27/h5-12,14,20,24-26H,13,15-19H2,1-4H3,(H,34,39)(H,36,41). The van der Waals surface area contributed by atoms with Crippen LogP contribution in [0.4, 0.5) is 0 Å². The number of nitrogens with one attached hydrogen (secondary N) is 2. The molecular formula is C33H39N5O6. The second-order valence-electron chi connectivity index (χ2n) is 11.7. The predicted molar refractivity (Wildman–Crippen MR) is 164 cm³/mol. The van der Waals surface area contributed by atoms with Gasteiger partial charge < -0.3 is 29.9 Å². The lowest BCUT2D eigenvalue weighted by atomic mass is 9.79. The number of aromatic nitrogens is 1. The van der Waals surface area contributed by atoms with Gasteiger partial charge in [0.1, 0.15) is 0 Å². The quantitative estimate of drug-likeness (QED) is 0.385. The van der Waals surface area contributed by atoms with Gasteiger partial charge in [-0.15, -0.1) is 0 Å². The smallest absolute Gasteiger partial charge is 0.254 e. The molecule has 2 aliphatic rings. The number of likely N-dealkylation sites (tertiary alicyclic amines) is 2. The molecule has 0 saturated carbocycles. The summed E-state index contributed by atoms with van der Waals surface area (Å²) in [4.78, 5) is 60.4. The number of carbonyl (C=O) groups excluding carboxylic acids is 4. The van der Waals surface area contributed by atoms with Crippen molar-refractivity contribution in [3.05, 3.63) is 65.9 Å². The molecule has 3 atom stereocenters. The second-order valence-corrected chi connectivity index (χ2v) is 11.7. The predicted octanol–water partition coefficient (Wildman–Crippen LogP) is 2.28. The maximum absolute atomic E-state index is 13.7. The Balaban J connectivity index is 1.34. The van der Waals surface area contributed by atoms with E-state index >= 15 is 0 Å². The molecule has 2 aromatic carbocycles. The fourth-order valence-corrected chi connectivity index (χ4v) is 6.17. The van der Waals surface area contributed by atoms with Gasteiger partial charge in [-0.1, -0.05) is 12.1 Å². The minimum Gasteiger partial charge on any atom is -0.493 e. The first kappa shape index (κ1) is 30.8. The Morgan fingerprint density at radius 1 is 0.977 bits per heavy atom. The normalized spacial score (nSPS) is 19.4. The highest BCUT2D eigenvalue weighted by atomic mass is 16.5. The van der Waals surface area contributed by atoms with Crippen molar-refractivity contribution in [3.63, 3.8) is 0 Å². The molecule has 44 heavy (non-hydrogen) atoms. The molecular weight excluding hydrogens is 562 g/mol. The van der Waals surface area contributed by atoms with Crippen molar-refractivity contribution >= 4 is 34.5 Å². The first-order valence-electron chi connectivity index (χ1n) is 14.9. The third-order valence-electron chi connectivity index (χ3n) is 8.36. The Bertz CT molecular complexity index is 1560. The molecule has 3 aromatic rings. The summed E-state index contributed by atoms with van der Waals surface area (Å²) >= 11 is 0. The van der Waals surface area contributed by atoms with E-state index in [9.17, 15) is 19.2 Å². The van der Waals surface area contributed by atoms with Gasteiger partial charge in [-0.05, 0) is 67.6 Å². The fourth-order valence-electron chi connectivity index (χ4n) is 6.17. The number of fused-ring (bicyclic) bond motifs is 2. The van der Waals surface area contributed by atoms with E-state index < -0.39 is 5.92 Å². The summed E-state index contributed by atoms with van der Waals surface area (Å²) in [5, 5.41) is 6.19. The first-order chi connectivity index (χ1) is 21.2. The average Bonchev–Trinajstić information content (AvgIpc) is 3.46. The lowest BCUT2D eigenvalue weighted by Gasteiger charge is -2.39. The zero-order valence-electron chi connectivity index (χ0n) is 25.5. The Morgan fingerprint density at radius 3 is 2.52 bits per heavy atom. The number of pyridine rings is 1. The average molecular weight is 602 g/mol. The van der Waals surface area contributed by atoms with E-state index in [4.69, 9.17) is 9.47 Å². The second kappa shape index (κ2) is 13.3. The number of carbonyl (C=O) groups is 4. The monoisotopic (exact) mass is 601 g/mol. The molecule has 5 rings (SSSR count). The fraction of sp³-hybridized carbons (Fsp3) is 0.424. The zero-order valence-corrected chi connectivity index (χ0v) is 25.5. The number of hydrogen-bond acceptors (Lipinski definition) is 7. The topological polar surface area (TPSA) is 130 Å². The van der Waals surface area contributed by atoms with Gasteiger partial charge in [0, 0.05) is 50.4 Å². The van der Waals surface area contributed by atoms with Gasteiger partial charge in [-0.25, -0.2) is 0 Å². The summed E-state index contributed by atoms with van der Waals surface area (Å²) in [7, 11) is 3.04. The van der Waals surface area contributed by atoms with Crippen LogP contribution in [-0.2, 0) is 20.8 Å². The van der Waals surface area contributed by atoms with E-state index in [1.165, 1.54) is 14.2 Å². The van der Waals surface area contributed by atoms with E-state index in [0.717, 1.165) is 16.5 Å². The van der Waals surface area contributed by atoms with Crippen LogP contribution in [-0.4, -0.2) is 91.4 Å². The summed E-state index contributed by atoms with van der Waals surface area (Å²) in [6.07, 6.45) is 1.86. The lowest BCUT2D eigenvalue weighted by Crippen LogP contribution is -2.54. The highest BCUT2D eigenvalue weighted by molar-refractivity contribution is 5.95. The Morgan fingerprint density at radius 2 is 1.77 bits per heavy atom. The van der Waals surface area contributed by atoms with E-state index in [-0.39, 0.29) is 61.1 Å². The van der Waals surface area contributed by atoms with Crippen LogP contribution in [0.25, 0.3) is 10.9 Å². The number of methoxy groups -OCH3 is 1. The van der Waals surface area contributed by atoms with Gasteiger partial charge in [0.25, 0.3) is 5.91 Å². The lowest BCUT2D eigenvalue weighted by molar-refractivity contribution is -0.139. The number of ether oxygens (including phenoxy) is 2. The maximum atomic E-state index is 13.7. The molecule has 0 aliphatic carbocycles. The van der Waals surface area contributed by atoms with Crippen molar-refractivity contribution in [1.82, 2.24) is 25.4 Å². The molecule has 2 N–H and O–H groups in total. The minimum absolute atomic E-state index is 0.0532. The zero-order chi connectivity index (χ0) is 31.4. The van der Waals surface area contributed by atoms with E-state index in [1.807, 2.05) is 44.2 Å². The molecule has 0 radical (unpaired) electrons. The molecule has 2 aliphatic heterocycles. The molecule has 4 amide bonds. The molecule has 2 fully saturated rings. The van der Waals surface area contributed by atoms with Crippen molar-refractivity contribution < 1.29 is 28.7 Å². The van der Waals surface area contributed by atoms with Crippen molar-refractivity contribution in [2.75, 3.05) is 46.9 Å². The summed E-state index contributed by atoms with van der Waals surface area (Å²) in [6.45, 7) is 5.10. The SMILES string of the molecule is CNC(=O)CNC(=O)C1CN(C(=O)Cc2ccc3ncccc3c2)CC2CN(C(=O)c3ccc(OC(C)C)c(OC)c3)CC21. The van der Waals surface area contributed by atoms with Gasteiger partial charge in [0.2, 0.25) is 17.7 Å². The molecule has 11 nitrogen and oxygen atoms in total. The summed E-state index contributed by atoms with van der Waals surface area (Å²) in [5.41, 5.74) is 2.17. The van der Waals surface area contributed by atoms with Gasteiger partial charge in [-0.2, -0.15) is 0 Å². The van der Waals surface area contributed by atoms with Gasteiger partial charge in [0.05, 0.1) is 37.6 Å². The molecule has 2 saturated heterocycles. The van der Waals surface area contributed by atoms with E-state index in [1.54, 1.807) is 34.2 Å². The van der Waals surface area contributed by atoms with Crippen molar-refractivity contribution in [2.45, 2.75) is 26.4 Å². The van der Waals surface area contributed by atoms with Crippen LogP contribution in [0.5, 0.6) is 11.5 Å². The molecule has 11 heteroatoms. The Hall–Kier alpha value is -4.67. The van der Waals surface area contributed by atoms with Crippen LogP contribution in [0.3, 0.4) is 0 Å². The van der Waals surface area contributed by atoms with E-state index in [0.29, 0.717) is 36.7 Å². The van der Waals surface area contributed by atoms with E-state index in [2.05, 4.69) is 15.6 Å². The largest absolute Gasteiger partial charge is 0.493 e. The first-order valence-corrected chi connectivity index (χ1v) is 14.9. The van der Waals surface area contributed by atoms with Crippen LogP contribution in [0.2, 0.25) is 0 Å². The summed E-state index contributed by atoms with van der Waals surface area (Å²) in [5.74, 6) is -0.698. The molecule has 3 unspecified atom stereocenters. The molecule has 232 valence electrons. The minimum atomic E-state index is -0.572. The number of piperidine rings is 1. The maximum Gasteiger partial charge on any atom is 0.254 e. The van der Waals surface area contributed by atoms with Crippen LogP contribution in [0.1, 0.15) is 29.8 Å². The van der Waals surface area contributed by atoms with Gasteiger partial charge in [0.15, 0.2) is 11.5 Å². The molecule has 0 bridgehead atoms. The highest BCUT2D eigenvalue weighted by Gasteiger charge is 2.47. The van der Waals surface area contributed by atoms with Crippen LogP contribution >= 0.6 is 0 Å². The van der Waals surface area contributed by atoms with Gasteiger partial charge in [-0.3, -0.25) is 24.2 Å². The third kappa shape index (κ3) is 6.77. The molecule has 1 aromatic heterocycles. The number of benzene rings is 2. The summed E-state index contributed by atoms with van der Waals surface area (Å²) < 4.78 is 11.3. The Kier molecular flexibility index (Phi) is 9.32. The number of rotatable bonds is 9. The number of amides is 4. The van der Waals surface area contributed by atoms with Crippen molar-refractivity contribution in [3.8, 4) is 11.5 Å². The molecule has 3 heterocycles. The third-order valence-corrected chi connectivity index (χ3v) is 8.36. The number of hydrogen-bond donors (Lipinski definition) is 2. The molecule has 0 spiro atoms. The summed E-state index contributed by atoms with van der Waals surface area (Å²) in [6, 6.07) is 14.7. The highest BCUT2D eigenvalue weighted by Crippen LogP contribution is 2.37. The van der Waals surface area contributed by atoms with Crippen LogP contribution < -0.4 is 20.1 Å². The number of nitrogens with zero attached hydrogens (tertiary/aromatic N) is 3. The van der Waals surface area contributed by atoms with Crippen molar-refractivity contribution in [2.24, 2.45) is 17.8 Å².